The summed E-state index contributed by atoms with van der Waals surface area (Å²) in [5, 5.41) is 0. The number of alkyl halides is 6. The van der Waals surface area contributed by atoms with E-state index in [-0.39, 0.29) is 12.4 Å². The SMILES string of the molecule is O=Cc1ccc(C(F)(F)F)c(C(F)(F)F)c1I. The van der Waals surface area contributed by atoms with Crippen molar-refractivity contribution in [2.45, 2.75) is 12.4 Å². The number of hydrogen-bond donors (Lipinski definition) is 0. The van der Waals surface area contributed by atoms with Crippen molar-refractivity contribution in [3.63, 3.8) is 0 Å². The van der Waals surface area contributed by atoms with E-state index in [1.54, 1.807) is 0 Å². The second-order valence-corrected chi connectivity index (χ2v) is 4.08. The molecule has 0 unspecified atom stereocenters. The lowest BCUT2D eigenvalue weighted by Crippen LogP contribution is -2.19. The molecule has 1 aromatic rings. The molecule has 0 bridgehead atoms. The first-order valence-electron chi connectivity index (χ1n) is 4.01. The molecule has 0 spiro atoms. The molecule has 0 N–H and O–H groups in total. The summed E-state index contributed by atoms with van der Waals surface area (Å²) in [5.74, 6) is 0. The zero-order valence-corrected chi connectivity index (χ0v) is 9.94. The highest BCUT2D eigenvalue weighted by molar-refractivity contribution is 14.1. The molecule has 0 saturated heterocycles. The van der Waals surface area contributed by atoms with Gasteiger partial charge >= 0.3 is 12.4 Å². The van der Waals surface area contributed by atoms with Gasteiger partial charge in [0.25, 0.3) is 0 Å². The van der Waals surface area contributed by atoms with E-state index in [4.69, 9.17) is 0 Å². The Balaban J connectivity index is 3.65. The molecule has 1 rings (SSSR count). The average Bonchev–Trinajstić information content (AvgIpc) is 2.13. The van der Waals surface area contributed by atoms with Crippen molar-refractivity contribution < 1.29 is 31.1 Å². The fourth-order valence-electron chi connectivity index (χ4n) is 1.20. The topological polar surface area (TPSA) is 17.1 Å². The molecular weight excluding hydrogens is 365 g/mol. The Morgan fingerprint density at radius 1 is 1.00 bits per heavy atom. The minimum Gasteiger partial charge on any atom is -0.298 e. The highest BCUT2D eigenvalue weighted by Crippen LogP contribution is 2.43. The van der Waals surface area contributed by atoms with Crippen LogP contribution in [0.5, 0.6) is 0 Å². The van der Waals surface area contributed by atoms with Gasteiger partial charge in [-0.1, -0.05) is 6.07 Å². The van der Waals surface area contributed by atoms with Gasteiger partial charge in [0, 0.05) is 9.13 Å². The van der Waals surface area contributed by atoms with Crippen LogP contribution in [0.15, 0.2) is 12.1 Å². The molecule has 17 heavy (non-hydrogen) atoms. The van der Waals surface area contributed by atoms with Crippen LogP contribution >= 0.6 is 22.6 Å². The van der Waals surface area contributed by atoms with Crippen LogP contribution in [-0.2, 0) is 12.4 Å². The zero-order chi connectivity index (χ0) is 13.4. The van der Waals surface area contributed by atoms with E-state index >= 15 is 0 Å². The maximum absolute atomic E-state index is 12.5. The van der Waals surface area contributed by atoms with Gasteiger partial charge in [0.05, 0.1) is 11.1 Å². The molecule has 1 aromatic carbocycles. The van der Waals surface area contributed by atoms with E-state index in [0.717, 1.165) is 22.6 Å². The van der Waals surface area contributed by atoms with Crippen molar-refractivity contribution in [2.24, 2.45) is 0 Å². The monoisotopic (exact) mass is 368 g/mol. The van der Waals surface area contributed by atoms with Crippen molar-refractivity contribution in [1.82, 2.24) is 0 Å². The average molecular weight is 368 g/mol. The van der Waals surface area contributed by atoms with Gasteiger partial charge in [0.15, 0.2) is 6.29 Å². The zero-order valence-electron chi connectivity index (χ0n) is 7.79. The second-order valence-electron chi connectivity index (χ2n) is 3.00. The number of aldehydes is 1. The number of carbonyl (C=O) groups is 1. The van der Waals surface area contributed by atoms with Crippen LogP contribution in [0.25, 0.3) is 0 Å². The van der Waals surface area contributed by atoms with Gasteiger partial charge in [0.2, 0.25) is 0 Å². The molecule has 8 heteroatoms. The van der Waals surface area contributed by atoms with E-state index < -0.39 is 32.6 Å². The third-order valence-corrected chi connectivity index (χ3v) is 3.05. The summed E-state index contributed by atoms with van der Waals surface area (Å²) in [5.41, 5.74) is -4.04. The van der Waals surface area contributed by atoms with Crippen molar-refractivity contribution in [1.29, 1.82) is 0 Å². The first kappa shape index (κ1) is 14.3. The fraction of sp³-hybridized carbons (Fsp3) is 0.222. The lowest BCUT2D eigenvalue weighted by atomic mass is 10.0. The first-order valence-corrected chi connectivity index (χ1v) is 5.09. The van der Waals surface area contributed by atoms with Crippen LogP contribution < -0.4 is 0 Å². The molecular formula is C9H3F6IO. The van der Waals surface area contributed by atoms with Gasteiger partial charge in [-0.05, 0) is 28.7 Å². The third kappa shape index (κ3) is 2.90. The van der Waals surface area contributed by atoms with E-state index in [1.165, 1.54) is 0 Å². The van der Waals surface area contributed by atoms with Crippen LogP contribution in [0.1, 0.15) is 21.5 Å². The molecule has 0 heterocycles. The standard InChI is InChI=1S/C9H3F6IO/c10-8(11,12)5-2-1-4(3-17)7(16)6(5)9(13,14)15/h1-3H. The normalized spacial score (nSPS) is 12.6. The van der Waals surface area contributed by atoms with Gasteiger partial charge in [-0.25, -0.2) is 0 Å². The van der Waals surface area contributed by atoms with E-state index in [1.807, 2.05) is 0 Å². The Labute approximate surface area is 105 Å². The van der Waals surface area contributed by atoms with Gasteiger partial charge in [-0.15, -0.1) is 0 Å². The highest BCUT2D eigenvalue weighted by Gasteiger charge is 2.45. The summed E-state index contributed by atoms with van der Waals surface area (Å²) in [6.45, 7) is 0. The number of benzene rings is 1. The fourth-order valence-corrected chi connectivity index (χ4v) is 2.10. The van der Waals surface area contributed by atoms with Crippen molar-refractivity contribution in [3.8, 4) is 0 Å². The summed E-state index contributed by atoms with van der Waals surface area (Å²) in [4.78, 5) is 10.4. The Morgan fingerprint density at radius 2 is 1.53 bits per heavy atom. The minimum atomic E-state index is -5.17. The molecule has 0 radical (unpaired) electrons. The third-order valence-electron chi connectivity index (χ3n) is 1.89. The Morgan fingerprint density at radius 3 is 1.88 bits per heavy atom. The van der Waals surface area contributed by atoms with Gasteiger partial charge in [-0.2, -0.15) is 26.3 Å². The van der Waals surface area contributed by atoms with Crippen LogP contribution in [0, 0.1) is 3.57 Å². The van der Waals surface area contributed by atoms with Gasteiger partial charge in [-0.3, -0.25) is 4.79 Å². The van der Waals surface area contributed by atoms with E-state index in [9.17, 15) is 31.1 Å². The summed E-state index contributed by atoms with van der Waals surface area (Å²) in [7, 11) is 0. The maximum atomic E-state index is 12.5. The van der Waals surface area contributed by atoms with Gasteiger partial charge in [0.1, 0.15) is 0 Å². The summed E-state index contributed by atoms with van der Waals surface area (Å²) >= 11 is 1.08. The summed E-state index contributed by atoms with van der Waals surface area (Å²) in [6.07, 6.45) is -10.2. The summed E-state index contributed by atoms with van der Waals surface area (Å²) in [6, 6.07) is 0.974. The molecule has 94 valence electrons. The maximum Gasteiger partial charge on any atom is 0.418 e. The molecule has 0 aromatic heterocycles. The Kier molecular flexibility index (Phi) is 3.75. The number of carbonyl (C=O) groups excluding carboxylic acids is 1. The summed E-state index contributed by atoms with van der Waals surface area (Å²) < 4.78 is 74.1. The number of halogens is 7. The first-order chi connectivity index (χ1) is 7.59. The number of rotatable bonds is 1. The van der Waals surface area contributed by atoms with Crippen molar-refractivity contribution in [2.75, 3.05) is 0 Å². The molecule has 0 saturated carbocycles. The Bertz CT molecular complexity index is 448. The lowest BCUT2D eigenvalue weighted by Gasteiger charge is -2.17. The largest absolute Gasteiger partial charge is 0.418 e. The van der Waals surface area contributed by atoms with E-state index in [2.05, 4.69) is 0 Å². The predicted octanol–water partition coefficient (Wildman–Crippen LogP) is 4.14. The Hall–Kier alpha value is -0.800. The smallest absolute Gasteiger partial charge is 0.298 e. The van der Waals surface area contributed by atoms with E-state index in [0.29, 0.717) is 6.07 Å². The highest BCUT2D eigenvalue weighted by atomic mass is 127. The van der Waals surface area contributed by atoms with Crippen LogP contribution in [0.3, 0.4) is 0 Å². The molecule has 0 atom stereocenters. The minimum absolute atomic E-state index is 0.0805. The van der Waals surface area contributed by atoms with Crippen LogP contribution in [0.2, 0.25) is 0 Å². The van der Waals surface area contributed by atoms with Crippen LogP contribution in [0.4, 0.5) is 26.3 Å². The molecule has 0 aliphatic rings. The molecule has 0 fully saturated rings. The predicted molar refractivity (Wildman–Crippen MR) is 54.6 cm³/mol. The van der Waals surface area contributed by atoms with Crippen molar-refractivity contribution in [3.05, 3.63) is 32.4 Å². The molecule has 0 amide bonds. The van der Waals surface area contributed by atoms with Crippen LogP contribution in [-0.4, -0.2) is 6.29 Å². The van der Waals surface area contributed by atoms with Crippen molar-refractivity contribution >= 4 is 28.9 Å². The second kappa shape index (κ2) is 4.46. The molecule has 0 aliphatic heterocycles. The van der Waals surface area contributed by atoms with Gasteiger partial charge < -0.3 is 0 Å². The molecule has 0 aliphatic carbocycles. The lowest BCUT2D eigenvalue weighted by molar-refractivity contribution is -0.162. The molecule has 1 nitrogen and oxygen atoms in total. The quantitative estimate of drug-likeness (QED) is 0.414. The number of hydrogen-bond acceptors (Lipinski definition) is 1.